The molecule has 4 nitrogen and oxygen atoms in total. The molecule has 0 heterocycles. The molecule has 0 aliphatic heterocycles. The van der Waals surface area contributed by atoms with Crippen LogP contribution < -0.4 is 5.32 Å². The van der Waals surface area contributed by atoms with E-state index in [0.717, 1.165) is 25.8 Å². The predicted octanol–water partition coefficient (Wildman–Crippen LogP) is 3.15. The molecule has 2 rings (SSSR count). The summed E-state index contributed by atoms with van der Waals surface area (Å²) in [6.07, 6.45) is 4.55. The van der Waals surface area contributed by atoms with E-state index in [4.69, 9.17) is 11.6 Å². The minimum atomic E-state index is -0.187. The molecule has 2 N–H and O–H groups in total. The van der Waals surface area contributed by atoms with Gasteiger partial charge in [0.15, 0.2) is 0 Å². The number of rotatable bonds is 6. The molecule has 1 amide bonds. The summed E-state index contributed by atoms with van der Waals surface area (Å²) in [4.78, 5) is 14.1. The van der Waals surface area contributed by atoms with Gasteiger partial charge in [-0.3, -0.25) is 4.79 Å². The third kappa shape index (κ3) is 5.27. The van der Waals surface area contributed by atoms with Gasteiger partial charge in [-0.25, -0.2) is 0 Å². The molecule has 0 spiro atoms. The Bertz CT molecular complexity index is 495. The van der Waals surface area contributed by atoms with E-state index < -0.39 is 0 Å². The van der Waals surface area contributed by atoms with Crippen molar-refractivity contribution in [2.75, 3.05) is 25.5 Å². The lowest BCUT2D eigenvalue weighted by Gasteiger charge is -2.31. The summed E-state index contributed by atoms with van der Waals surface area (Å²) >= 11 is 6.02. The van der Waals surface area contributed by atoms with E-state index >= 15 is 0 Å². The lowest BCUT2D eigenvalue weighted by molar-refractivity contribution is -0.116. The zero-order valence-electron chi connectivity index (χ0n) is 13.1. The van der Waals surface area contributed by atoms with Gasteiger partial charge in [0.2, 0.25) is 5.91 Å². The van der Waals surface area contributed by atoms with E-state index in [9.17, 15) is 9.90 Å². The average molecular weight is 325 g/mol. The predicted molar refractivity (Wildman–Crippen MR) is 90.2 cm³/mol. The maximum absolute atomic E-state index is 12.0. The normalized spacial score (nSPS) is 21.8. The van der Waals surface area contributed by atoms with Gasteiger partial charge in [-0.05, 0) is 37.9 Å². The van der Waals surface area contributed by atoms with Crippen molar-refractivity contribution in [1.82, 2.24) is 4.90 Å². The van der Waals surface area contributed by atoms with Crippen molar-refractivity contribution in [3.05, 3.63) is 29.3 Å². The maximum Gasteiger partial charge on any atom is 0.225 e. The third-order valence-electron chi connectivity index (χ3n) is 4.28. The number of aliphatic hydroxyl groups is 1. The van der Waals surface area contributed by atoms with Crippen molar-refractivity contribution in [2.45, 2.75) is 38.2 Å². The maximum atomic E-state index is 12.0. The minimum Gasteiger partial charge on any atom is -0.393 e. The highest BCUT2D eigenvalue weighted by atomic mass is 35.5. The molecular formula is C17H25ClN2O2. The van der Waals surface area contributed by atoms with E-state index in [2.05, 4.69) is 10.2 Å². The van der Waals surface area contributed by atoms with Crippen LogP contribution in [0.25, 0.3) is 0 Å². The SMILES string of the molecule is CN(CCC(=O)Nc1ccccc1Cl)CC1CCCCC1O. The number of benzene rings is 1. The Morgan fingerprint density at radius 1 is 1.36 bits per heavy atom. The lowest BCUT2D eigenvalue weighted by atomic mass is 9.86. The second-order valence-corrected chi connectivity index (χ2v) is 6.56. The van der Waals surface area contributed by atoms with Crippen LogP contribution in [0.2, 0.25) is 5.02 Å². The number of carbonyl (C=O) groups excluding carboxylic acids is 1. The largest absolute Gasteiger partial charge is 0.393 e. The zero-order chi connectivity index (χ0) is 15.9. The molecule has 0 bridgehead atoms. The molecule has 2 unspecified atom stereocenters. The van der Waals surface area contributed by atoms with Crippen LogP contribution in [0, 0.1) is 5.92 Å². The number of anilines is 1. The van der Waals surface area contributed by atoms with E-state index in [1.807, 2.05) is 19.2 Å². The quantitative estimate of drug-likeness (QED) is 0.845. The van der Waals surface area contributed by atoms with Gasteiger partial charge in [-0.2, -0.15) is 0 Å². The van der Waals surface area contributed by atoms with Crippen LogP contribution in [0.15, 0.2) is 24.3 Å². The number of nitrogens with one attached hydrogen (secondary N) is 1. The number of para-hydroxylation sites is 1. The van der Waals surface area contributed by atoms with Crippen molar-refractivity contribution in [2.24, 2.45) is 5.92 Å². The van der Waals surface area contributed by atoms with E-state index in [1.54, 1.807) is 12.1 Å². The molecule has 1 saturated carbocycles. The highest BCUT2D eigenvalue weighted by Crippen LogP contribution is 2.25. The molecule has 22 heavy (non-hydrogen) atoms. The fraction of sp³-hybridized carbons (Fsp3) is 0.588. The molecule has 1 fully saturated rings. The zero-order valence-corrected chi connectivity index (χ0v) is 13.9. The fourth-order valence-corrected chi connectivity index (χ4v) is 3.14. The summed E-state index contributed by atoms with van der Waals surface area (Å²) < 4.78 is 0. The summed E-state index contributed by atoms with van der Waals surface area (Å²) in [7, 11) is 2.00. The van der Waals surface area contributed by atoms with Gasteiger partial charge >= 0.3 is 0 Å². The summed E-state index contributed by atoms with van der Waals surface area (Å²) in [5, 5.41) is 13.4. The molecule has 5 heteroatoms. The van der Waals surface area contributed by atoms with E-state index in [0.29, 0.717) is 29.6 Å². The molecule has 0 saturated heterocycles. The Kier molecular flexibility index (Phi) is 6.68. The van der Waals surface area contributed by atoms with Crippen molar-refractivity contribution >= 4 is 23.2 Å². The minimum absolute atomic E-state index is 0.0378. The van der Waals surface area contributed by atoms with Gasteiger partial charge < -0.3 is 15.3 Å². The highest BCUT2D eigenvalue weighted by molar-refractivity contribution is 6.33. The summed E-state index contributed by atoms with van der Waals surface area (Å²) in [5.41, 5.74) is 0.652. The Morgan fingerprint density at radius 2 is 2.09 bits per heavy atom. The van der Waals surface area contributed by atoms with Gasteiger partial charge in [-0.1, -0.05) is 36.6 Å². The van der Waals surface area contributed by atoms with Gasteiger partial charge in [-0.15, -0.1) is 0 Å². The van der Waals surface area contributed by atoms with Crippen molar-refractivity contribution < 1.29 is 9.90 Å². The van der Waals surface area contributed by atoms with Crippen LogP contribution in [0.1, 0.15) is 32.1 Å². The number of hydrogen-bond acceptors (Lipinski definition) is 3. The molecule has 2 atom stereocenters. The fourth-order valence-electron chi connectivity index (χ4n) is 2.96. The van der Waals surface area contributed by atoms with Crippen LogP contribution in [-0.2, 0) is 4.79 Å². The molecule has 0 aromatic heterocycles. The van der Waals surface area contributed by atoms with Crippen LogP contribution >= 0.6 is 11.6 Å². The van der Waals surface area contributed by atoms with Gasteiger partial charge in [0.25, 0.3) is 0 Å². The van der Waals surface area contributed by atoms with E-state index in [-0.39, 0.29) is 12.0 Å². The average Bonchev–Trinajstić information content (AvgIpc) is 2.50. The number of hydrogen-bond donors (Lipinski definition) is 2. The van der Waals surface area contributed by atoms with Crippen LogP contribution in [0.4, 0.5) is 5.69 Å². The molecule has 1 aromatic carbocycles. The van der Waals surface area contributed by atoms with Crippen molar-refractivity contribution in [3.63, 3.8) is 0 Å². The summed E-state index contributed by atoms with van der Waals surface area (Å²) in [5.74, 6) is 0.300. The molecule has 0 radical (unpaired) electrons. The van der Waals surface area contributed by atoms with E-state index in [1.165, 1.54) is 6.42 Å². The van der Waals surface area contributed by atoms with Crippen molar-refractivity contribution in [1.29, 1.82) is 0 Å². The first-order valence-corrected chi connectivity index (χ1v) is 8.35. The molecule has 1 aromatic rings. The second-order valence-electron chi connectivity index (χ2n) is 6.15. The number of halogens is 1. The number of amides is 1. The van der Waals surface area contributed by atoms with Gasteiger partial charge in [0, 0.05) is 19.5 Å². The van der Waals surface area contributed by atoms with Crippen molar-refractivity contribution in [3.8, 4) is 0 Å². The third-order valence-corrected chi connectivity index (χ3v) is 4.61. The topological polar surface area (TPSA) is 52.6 Å². The summed E-state index contributed by atoms with van der Waals surface area (Å²) in [6.45, 7) is 1.53. The Hall–Kier alpha value is -1.10. The summed E-state index contributed by atoms with van der Waals surface area (Å²) in [6, 6.07) is 7.23. The first-order chi connectivity index (χ1) is 10.6. The number of carbonyl (C=O) groups is 1. The van der Waals surface area contributed by atoms with Crippen LogP contribution in [0.5, 0.6) is 0 Å². The monoisotopic (exact) mass is 324 g/mol. The Labute approximate surface area is 137 Å². The number of aliphatic hydroxyl groups excluding tert-OH is 1. The molecule has 122 valence electrons. The van der Waals surface area contributed by atoms with Crippen LogP contribution in [-0.4, -0.2) is 42.2 Å². The smallest absolute Gasteiger partial charge is 0.225 e. The Morgan fingerprint density at radius 3 is 2.82 bits per heavy atom. The molecule has 1 aliphatic rings. The number of nitrogens with zero attached hydrogens (tertiary/aromatic N) is 1. The van der Waals surface area contributed by atoms with Gasteiger partial charge in [0.05, 0.1) is 16.8 Å². The second kappa shape index (κ2) is 8.51. The molecular weight excluding hydrogens is 300 g/mol. The first-order valence-electron chi connectivity index (χ1n) is 7.97. The van der Waals surface area contributed by atoms with Crippen LogP contribution in [0.3, 0.4) is 0 Å². The van der Waals surface area contributed by atoms with Gasteiger partial charge in [0.1, 0.15) is 0 Å². The Balaban J connectivity index is 1.72. The first kappa shape index (κ1) is 17.3. The highest BCUT2D eigenvalue weighted by Gasteiger charge is 2.24. The molecule has 1 aliphatic carbocycles. The lowest BCUT2D eigenvalue weighted by Crippen LogP contribution is -2.36. The standard InChI is InChI=1S/C17H25ClN2O2/c1-20(12-13-6-2-5-9-16(13)21)11-10-17(22)19-15-8-4-3-7-14(15)18/h3-4,7-8,13,16,21H,2,5-6,9-12H2,1H3,(H,19,22).